The SMILES string of the molecule is CN(C)c1cc(-c2cncn2C)c(O)c2c1C[C@H]1C[C@H]3CC(O)=C(C(N)=O)C(=O)[C@@]3(O)C(O)=C1C2=O. The molecule has 1 amide bonds. The molecule has 6 N–H and O–H groups in total. The Morgan fingerprint density at radius 3 is 2.50 bits per heavy atom. The number of aliphatic hydroxyl groups is 3. The van der Waals surface area contributed by atoms with E-state index in [0.29, 0.717) is 22.5 Å². The summed E-state index contributed by atoms with van der Waals surface area (Å²) >= 11 is 0. The van der Waals surface area contributed by atoms with Crippen LogP contribution < -0.4 is 10.6 Å². The fourth-order valence-electron chi connectivity index (χ4n) is 5.88. The van der Waals surface area contributed by atoms with Crippen molar-refractivity contribution >= 4 is 23.2 Å². The third kappa shape index (κ3) is 2.95. The van der Waals surface area contributed by atoms with Crippen LogP contribution in [-0.4, -0.2) is 67.1 Å². The summed E-state index contributed by atoms with van der Waals surface area (Å²) in [5.74, 6) is -6.48. The molecule has 0 fully saturated rings. The van der Waals surface area contributed by atoms with Gasteiger partial charge in [-0.25, -0.2) is 4.98 Å². The van der Waals surface area contributed by atoms with Gasteiger partial charge in [-0.3, -0.25) is 14.4 Å². The summed E-state index contributed by atoms with van der Waals surface area (Å²) < 4.78 is 1.69. The Bertz CT molecular complexity index is 1430. The minimum Gasteiger partial charge on any atom is -0.511 e. The molecule has 3 aliphatic carbocycles. The third-order valence-corrected chi connectivity index (χ3v) is 7.61. The minimum absolute atomic E-state index is 0.0333. The Labute approximate surface area is 205 Å². The zero-order valence-electron chi connectivity index (χ0n) is 19.9. The molecule has 11 heteroatoms. The van der Waals surface area contributed by atoms with Gasteiger partial charge in [0.05, 0.1) is 23.8 Å². The highest BCUT2D eigenvalue weighted by molar-refractivity contribution is 6.24. The van der Waals surface area contributed by atoms with Crippen molar-refractivity contribution in [3.05, 3.63) is 52.4 Å². The van der Waals surface area contributed by atoms with E-state index >= 15 is 0 Å². The van der Waals surface area contributed by atoms with Crippen molar-refractivity contribution in [1.29, 1.82) is 0 Å². The van der Waals surface area contributed by atoms with E-state index < -0.39 is 52.0 Å². The highest BCUT2D eigenvalue weighted by Gasteiger charge is 2.59. The maximum atomic E-state index is 13.9. The van der Waals surface area contributed by atoms with Crippen LogP contribution in [0.15, 0.2) is 41.3 Å². The van der Waals surface area contributed by atoms with E-state index in [-0.39, 0.29) is 36.1 Å². The molecule has 36 heavy (non-hydrogen) atoms. The van der Waals surface area contributed by atoms with Crippen molar-refractivity contribution in [3.63, 3.8) is 0 Å². The Morgan fingerprint density at radius 1 is 1.22 bits per heavy atom. The van der Waals surface area contributed by atoms with E-state index in [1.54, 1.807) is 44.3 Å². The summed E-state index contributed by atoms with van der Waals surface area (Å²) in [6.07, 6.45) is 3.16. The second-order valence-corrected chi connectivity index (χ2v) is 9.84. The van der Waals surface area contributed by atoms with Gasteiger partial charge in [0.2, 0.25) is 5.78 Å². The number of nitrogens with two attached hydrogens (primary N) is 1. The number of carbonyl (C=O) groups is 3. The van der Waals surface area contributed by atoms with Crippen LogP contribution in [0.4, 0.5) is 5.69 Å². The maximum absolute atomic E-state index is 13.9. The summed E-state index contributed by atoms with van der Waals surface area (Å²) in [7, 11) is 5.36. The fraction of sp³-hybridized carbons (Fsp3) is 0.360. The summed E-state index contributed by atoms with van der Waals surface area (Å²) in [5.41, 5.74) is 3.80. The van der Waals surface area contributed by atoms with E-state index in [2.05, 4.69) is 4.98 Å². The molecule has 1 heterocycles. The van der Waals surface area contributed by atoms with Gasteiger partial charge < -0.3 is 35.6 Å². The Hall–Kier alpha value is -4.12. The van der Waals surface area contributed by atoms with Crippen molar-refractivity contribution in [3.8, 4) is 17.0 Å². The number of fused-ring (bicyclic) bond motifs is 3. The second kappa shape index (κ2) is 7.69. The number of ketones is 2. The van der Waals surface area contributed by atoms with Crippen LogP contribution in [0.1, 0.15) is 28.8 Å². The molecule has 1 aromatic carbocycles. The number of imidazole rings is 1. The first-order valence-corrected chi connectivity index (χ1v) is 11.4. The number of allylic oxidation sites excluding steroid dienone is 2. The molecule has 0 bridgehead atoms. The number of hydrogen-bond donors (Lipinski definition) is 5. The Kier molecular flexibility index (Phi) is 5.04. The van der Waals surface area contributed by atoms with Gasteiger partial charge in [0.1, 0.15) is 22.8 Å². The number of benzene rings is 1. The first-order valence-electron chi connectivity index (χ1n) is 11.4. The van der Waals surface area contributed by atoms with Crippen molar-refractivity contribution in [2.75, 3.05) is 19.0 Å². The number of anilines is 1. The number of nitrogens with zero attached hydrogens (tertiary/aromatic N) is 3. The molecule has 2 aromatic rings. The molecule has 0 aliphatic heterocycles. The van der Waals surface area contributed by atoms with Crippen LogP contribution >= 0.6 is 0 Å². The monoisotopic (exact) mass is 494 g/mol. The zero-order chi connectivity index (χ0) is 26.3. The van der Waals surface area contributed by atoms with Gasteiger partial charge in [0.25, 0.3) is 5.91 Å². The minimum atomic E-state index is -2.59. The number of Topliss-reactive ketones (excluding diaryl/α,β-unsaturated/α-hetero) is 2. The normalized spacial score (nSPS) is 25.4. The predicted molar refractivity (Wildman–Crippen MR) is 127 cm³/mol. The average Bonchev–Trinajstić information content (AvgIpc) is 3.21. The number of phenols is 1. The quantitative estimate of drug-likeness (QED) is 0.390. The van der Waals surface area contributed by atoms with Gasteiger partial charge in [-0.15, -0.1) is 0 Å². The van der Waals surface area contributed by atoms with Crippen molar-refractivity contribution in [1.82, 2.24) is 9.55 Å². The van der Waals surface area contributed by atoms with Crippen LogP contribution in [0.25, 0.3) is 11.3 Å². The number of amides is 1. The number of aryl methyl sites for hydroxylation is 1. The molecule has 3 atom stereocenters. The van der Waals surface area contributed by atoms with Crippen LogP contribution in [-0.2, 0) is 23.1 Å². The first-order chi connectivity index (χ1) is 16.9. The molecule has 1 aromatic heterocycles. The second-order valence-electron chi connectivity index (χ2n) is 9.84. The standard InChI is InChI=1S/C25H26N4O7/c1-28(2)14-7-13(15-8-27-9-29(15)3)20(31)18-12(14)5-10-4-11-6-16(30)19(24(26)35)23(34)25(11,36)22(33)17(10)21(18)32/h7-11,30-31,33,36H,4-6H2,1-3H3,(H2,26,35)/t10-,11+,25+/m1/s1. The molecule has 0 spiro atoms. The molecule has 0 saturated carbocycles. The van der Waals surface area contributed by atoms with Gasteiger partial charge >= 0.3 is 0 Å². The average molecular weight is 495 g/mol. The molecule has 5 rings (SSSR count). The lowest BCUT2D eigenvalue weighted by Crippen LogP contribution is -2.57. The molecule has 0 unspecified atom stereocenters. The van der Waals surface area contributed by atoms with Gasteiger partial charge in [0.15, 0.2) is 11.4 Å². The number of phenolic OH excluding ortho intramolecular Hbond substituents is 1. The van der Waals surface area contributed by atoms with Gasteiger partial charge in [0, 0.05) is 50.3 Å². The molecule has 0 radical (unpaired) electrons. The summed E-state index contributed by atoms with van der Waals surface area (Å²) in [6.45, 7) is 0. The molecular weight excluding hydrogens is 468 g/mol. The number of carbonyl (C=O) groups excluding carboxylic acids is 3. The Balaban J connectivity index is 1.74. The van der Waals surface area contributed by atoms with Crippen molar-refractivity contribution < 1.29 is 34.8 Å². The molecule has 0 saturated heterocycles. The number of primary amides is 1. The number of rotatable bonds is 3. The van der Waals surface area contributed by atoms with Crippen molar-refractivity contribution in [2.45, 2.75) is 24.9 Å². The highest BCUT2D eigenvalue weighted by atomic mass is 16.3. The largest absolute Gasteiger partial charge is 0.511 e. The van der Waals surface area contributed by atoms with Crippen LogP contribution in [0.3, 0.4) is 0 Å². The number of aromatic nitrogens is 2. The summed E-state index contributed by atoms with van der Waals surface area (Å²) in [5, 5.41) is 44.1. The lowest BCUT2D eigenvalue weighted by molar-refractivity contribution is -0.144. The van der Waals surface area contributed by atoms with Gasteiger partial charge in [-0.1, -0.05) is 0 Å². The predicted octanol–water partition coefficient (Wildman–Crippen LogP) is 1.05. The number of aromatic hydroxyl groups is 1. The van der Waals surface area contributed by atoms with E-state index in [1.165, 1.54) is 0 Å². The molecule has 3 aliphatic rings. The van der Waals surface area contributed by atoms with Crippen LogP contribution in [0.2, 0.25) is 0 Å². The topological polar surface area (TPSA) is 179 Å². The molecular formula is C25H26N4O7. The lowest BCUT2D eigenvalue weighted by atomic mass is 9.60. The third-order valence-electron chi connectivity index (χ3n) is 7.61. The number of hydrogen-bond acceptors (Lipinski definition) is 9. The fourth-order valence-corrected chi connectivity index (χ4v) is 5.88. The van der Waals surface area contributed by atoms with E-state index in [4.69, 9.17) is 5.73 Å². The maximum Gasteiger partial charge on any atom is 0.255 e. The van der Waals surface area contributed by atoms with Crippen LogP contribution in [0.5, 0.6) is 5.75 Å². The lowest BCUT2D eigenvalue weighted by Gasteiger charge is -2.46. The van der Waals surface area contributed by atoms with Gasteiger partial charge in [-0.2, -0.15) is 0 Å². The molecule has 11 nitrogen and oxygen atoms in total. The smallest absolute Gasteiger partial charge is 0.255 e. The van der Waals surface area contributed by atoms with Gasteiger partial charge in [-0.05, 0) is 30.4 Å². The van der Waals surface area contributed by atoms with E-state index in [0.717, 1.165) is 0 Å². The summed E-state index contributed by atoms with van der Waals surface area (Å²) in [6, 6.07) is 1.77. The van der Waals surface area contributed by atoms with E-state index in [1.807, 2.05) is 4.90 Å². The molecule has 188 valence electrons. The van der Waals surface area contributed by atoms with E-state index in [9.17, 15) is 34.8 Å². The first kappa shape index (κ1) is 23.6. The van der Waals surface area contributed by atoms with Crippen LogP contribution in [0, 0.1) is 11.8 Å². The zero-order valence-corrected chi connectivity index (χ0v) is 19.9. The van der Waals surface area contributed by atoms with Crippen molar-refractivity contribution in [2.24, 2.45) is 24.6 Å². The summed E-state index contributed by atoms with van der Waals surface area (Å²) in [4.78, 5) is 44.7. The number of aliphatic hydroxyl groups excluding tert-OH is 2. The highest BCUT2D eigenvalue weighted by Crippen LogP contribution is 2.53. The Morgan fingerprint density at radius 2 is 1.92 bits per heavy atom.